The molecule has 0 heterocycles. The Kier molecular flexibility index (Phi) is 29.8. The maximum Gasteiger partial charge on any atom is 3.00 e. The van der Waals surface area contributed by atoms with E-state index in [1.165, 1.54) is 0 Å². The molecule has 0 aliphatic heterocycles. The standard InChI is InChI=1S/3CH6O7P2.4Cr/c3*2-1(9(3,4)5)10(6,7)8;;;;/h3*1-2H,(H2,3,4,5)(H2,6,7,8);;;;/q;;;4*+3/p-12. The van der Waals surface area contributed by atoms with Crippen LogP contribution >= 0.6 is 45.6 Å². The Morgan fingerprint density at radius 2 is 0.382 bits per heavy atom. The Hall–Kier alpha value is 2.91. The fraction of sp³-hybridized carbons (Fsp3) is 1.00. The Morgan fingerprint density at radius 1 is 0.324 bits per heavy atom. The normalized spacial score (nSPS) is 12.5. The number of rotatable bonds is 6. The van der Waals surface area contributed by atoms with Crippen molar-refractivity contribution in [2.75, 3.05) is 0 Å². The molecule has 0 aromatic carbocycles. The Morgan fingerprint density at radius 3 is 0.382 bits per heavy atom. The van der Waals surface area contributed by atoms with Gasteiger partial charge in [-0.1, -0.05) is 0 Å². The smallest absolute Gasteiger partial charge is 0.809 e. The van der Waals surface area contributed by atoms with Gasteiger partial charge in [0.25, 0.3) is 0 Å². The number of hydrogen-bond acceptors (Lipinski definition) is 21. The zero-order valence-corrected chi connectivity index (χ0v) is 25.2. The van der Waals surface area contributed by atoms with Crippen molar-refractivity contribution in [2.45, 2.75) is 16.8 Å². The van der Waals surface area contributed by atoms with Crippen molar-refractivity contribution < 1.29 is 171 Å². The second-order valence-corrected chi connectivity index (χ2v) is 14.9. The number of aliphatic hydroxyl groups is 3. The van der Waals surface area contributed by atoms with E-state index in [2.05, 4.69) is 0 Å². The molecule has 0 atom stereocenters. The first kappa shape index (κ1) is 53.2. The Labute approximate surface area is 232 Å². The first-order valence-corrected chi connectivity index (χ1v) is 15.3. The summed E-state index contributed by atoms with van der Waals surface area (Å²) in [4.78, 5) is 116. The van der Waals surface area contributed by atoms with E-state index in [9.17, 15) is 86.1 Å². The maximum atomic E-state index is 9.63. The van der Waals surface area contributed by atoms with Gasteiger partial charge in [-0.2, -0.15) is 0 Å². The summed E-state index contributed by atoms with van der Waals surface area (Å²) >= 11 is 0. The molecular weight excluding hydrogens is 766 g/mol. The van der Waals surface area contributed by atoms with Crippen LogP contribution in [0.25, 0.3) is 0 Å². The van der Waals surface area contributed by atoms with E-state index in [4.69, 9.17) is 15.3 Å². The Bertz CT molecular complexity index is 648. The quantitative estimate of drug-likeness (QED) is 0.211. The summed E-state index contributed by atoms with van der Waals surface area (Å²) in [6.07, 6.45) is 0. The first-order valence-electron chi connectivity index (χ1n) is 5.61. The van der Waals surface area contributed by atoms with E-state index >= 15 is 0 Å². The van der Waals surface area contributed by atoms with Crippen molar-refractivity contribution in [2.24, 2.45) is 0 Å². The third-order valence-corrected chi connectivity index (χ3v) is 10.2. The molecule has 0 aromatic heterocycles. The largest absolute Gasteiger partial charge is 3.00 e. The van der Waals surface area contributed by atoms with Crippen LogP contribution in [-0.2, 0) is 96.8 Å². The zero-order valence-electron chi connectivity index (χ0n) is 14.7. The summed E-state index contributed by atoms with van der Waals surface area (Å²) in [6, 6.07) is 0. The SMILES string of the molecule is O=P([O-])([O-])C(O)P(=O)([O-])[O-].O=P([O-])([O-])C(O)P(=O)([O-])[O-].O=P([O-])([O-])C(O)P(=O)([O-])[O-].[Cr+3].[Cr+3].[Cr+3].[Cr+3]. The molecule has 0 unspecified atom stereocenters. The molecule has 3 N–H and O–H groups in total. The second-order valence-electron chi connectivity index (χ2n) is 4.28. The second kappa shape index (κ2) is 19.1. The summed E-state index contributed by atoms with van der Waals surface area (Å²) in [7, 11) is -34.3. The summed E-state index contributed by atoms with van der Waals surface area (Å²) in [5, 5.41) is 23.8. The molecular formula is C3H6Cr4O21P6. The van der Waals surface area contributed by atoms with Crippen LogP contribution in [0.15, 0.2) is 0 Å². The van der Waals surface area contributed by atoms with Crippen molar-refractivity contribution in [3.63, 3.8) is 0 Å². The van der Waals surface area contributed by atoms with Crippen molar-refractivity contribution in [3.8, 4) is 0 Å². The summed E-state index contributed by atoms with van der Waals surface area (Å²) in [5.41, 5.74) is -10.0. The predicted octanol–water partition coefficient (Wildman–Crippen LogP) is -11.7. The van der Waals surface area contributed by atoms with Gasteiger partial charge >= 0.3 is 69.4 Å². The van der Waals surface area contributed by atoms with Gasteiger partial charge in [0.15, 0.2) is 0 Å². The molecule has 21 nitrogen and oxygen atoms in total. The van der Waals surface area contributed by atoms with Crippen LogP contribution in [0.2, 0.25) is 0 Å². The summed E-state index contributed by atoms with van der Waals surface area (Å²) in [5.74, 6) is 0. The minimum Gasteiger partial charge on any atom is -0.809 e. The summed E-state index contributed by atoms with van der Waals surface area (Å²) < 4.78 is 57.8. The molecule has 0 saturated carbocycles. The molecule has 0 amide bonds. The molecule has 0 aliphatic carbocycles. The van der Waals surface area contributed by atoms with Crippen LogP contribution < -0.4 is 58.7 Å². The van der Waals surface area contributed by atoms with Crippen molar-refractivity contribution in [3.05, 3.63) is 0 Å². The van der Waals surface area contributed by atoms with Gasteiger partial charge in [-0.25, -0.2) is 0 Å². The number of aliphatic hydroxyl groups excluding tert-OH is 3. The van der Waals surface area contributed by atoms with Crippen molar-refractivity contribution in [1.29, 1.82) is 0 Å². The fourth-order valence-electron chi connectivity index (χ4n) is 0.520. The molecule has 198 valence electrons. The van der Waals surface area contributed by atoms with Gasteiger partial charge in [-0.3, -0.25) is 0 Å². The van der Waals surface area contributed by atoms with E-state index in [0.717, 1.165) is 0 Å². The maximum absolute atomic E-state index is 9.63. The summed E-state index contributed by atoms with van der Waals surface area (Å²) in [6.45, 7) is 0. The van der Waals surface area contributed by atoms with Gasteiger partial charge in [0, 0.05) is 0 Å². The molecule has 0 aliphatic rings. The molecule has 0 aromatic rings. The zero-order chi connectivity index (χ0) is 25.7. The first-order chi connectivity index (χ1) is 12.5. The van der Waals surface area contributed by atoms with Crippen LogP contribution in [0.3, 0.4) is 0 Å². The minimum absolute atomic E-state index is 0. The molecule has 0 rings (SSSR count). The molecule has 0 saturated heterocycles. The minimum atomic E-state index is -5.71. The third-order valence-electron chi connectivity index (χ3n) is 1.70. The van der Waals surface area contributed by atoms with Crippen molar-refractivity contribution in [1.82, 2.24) is 0 Å². The fourth-order valence-corrected chi connectivity index (χ4v) is 4.68. The average molecular weight is 772 g/mol. The van der Waals surface area contributed by atoms with Crippen molar-refractivity contribution >= 4 is 45.6 Å². The molecule has 34 heavy (non-hydrogen) atoms. The van der Waals surface area contributed by atoms with E-state index in [1.54, 1.807) is 0 Å². The molecule has 0 fully saturated rings. The molecule has 4 radical (unpaired) electrons. The average Bonchev–Trinajstić information content (AvgIpc) is 2.40. The van der Waals surface area contributed by atoms with E-state index in [1.807, 2.05) is 0 Å². The monoisotopic (exact) mass is 772 g/mol. The topological polar surface area (TPSA) is 440 Å². The van der Waals surface area contributed by atoms with Gasteiger partial charge in [0.2, 0.25) is 0 Å². The van der Waals surface area contributed by atoms with Gasteiger partial charge in [0.05, 0.1) is 0 Å². The molecule has 31 heteroatoms. The molecule has 0 spiro atoms. The van der Waals surface area contributed by atoms with E-state index in [-0.39, 0.29) is 69.4 Å². The predicted molar refractivity (Wildman–Crippen MR) is 63.7 cm³/mol. The van der Waals surface area contributed by atoms with Gasteiger partial charge in [-0.05, 0) is 45.6 Å². The van der Waals surface area contributed by atoms with Gasteiger partial charge < -0.3 is 101 Å². The molecule has 0 bridgehead atoms. The van der Waals surface area contributed by atoms with E-state index in [0.29, 0.717) is 0 Å². The van der Waals surface area contributed by atoms with Crippen LogP contribution in [0.5, 0.6) is 0 Å². The van der Waals surface area contributed by atoms with Crippen LogP contribution in [0.1, 0.15) is 0 Å². The number of hydrogen-bond donors (Lipinski definition) is 3. The van der Waals surface area contributed by atoms with E-state index < -0.39 is 62.3 Å². The van der Waals surface area contributed by atoms with Gasteiger partial charge in [-0.15, -0.1) is 0 Å². The van der Waals surface area contributed by atoms with Crippen LogP contribution in [0.4, 0.5) is 0 Å². The van der Waals surface area contributed by atoms with Gasteiger partial charge in [0.1, 0.15) is 16.8 Å². The Balaban J connectivity index is -0.0000000607. The van der Waals surface area contributed by atoms with Crippen LogP contribution in [0, 0.1) is 0 Å². The third kappa shape index (κ3) is 26.5. The van der Waals surface area contributed by atoms with Crippen LogP contribution in [-0.4, -0.2) is 32.1 Å².